The number of aromatic nitrogens is 4. The Hall–Kier alpha value is -2.14. The van der Waals surface area contributed by atoms with Gasteiger partial charge in [0.15, 0.2) is 5.82 Å². The molecule has 1 aliphatic rings. The van der Waals surface area contributed by atoms with Gasteiger partial charge in [-0.1, -0.05) is 11.8 Å². The second kappa shape index (κ2) is 9.34. The molecule has 1 aromatic carbocycles. The molecular weight excluding hydrogens is 428 g/mol. The fraction of sp³-hybridized carbons (Fsp3) is 0.350. The molecular formula is C20H21F2N5OS2. The van der Waals surface area contributed by atoms with Gasteiger partial charge in [0.25, 0.3) is 5.76 Å². The van der Waals surface area contributed by atoms with Crippen LogP contribution in [0.1, 0.15) is 6.92 Å². The summed E-state index contributed by atoms with van der Waals surface area (Å²) < 4.78 is 35.1. The van der Waals surface area contributed by atoms with Crippen LogP contribution in [0.5, 0.6) is 0 Å². The maximum Gasteiger partial charge on any atom is 0.288 e. The Morgan fingerprint density at radius 2 is 2.07 bits per heavy atom. The number of benzene rings is 1. The second-order valence-corrected chi connectivity index (χ2v) is 8.38. The molecule has 1 unspecified atom stereocenters. The first kappa shape index (κ1) is 21.1. The first-order valence-corrected chi connectivity index (χ1v) is 10.8. The minimum atomic E-state index is -2.46. The highest BCUT2D eigenvalue weighted by molar-refractivity contribution is 7.99. The molecule has 6 nitrogen and oxygen atoms in total. The monoisotopic (exact) mass is 449 g/mol. The lowest BCUT2D eigenvalue weighted by atomic mass is 10.2. The first-order valence-electron chi connectivity index (χ1n) is 9.51. The quantitative estimate of drug-likeness (QED) is 0.409. The highest BCUT2D eigenvalue weighted by atomic mass is 32.2. The van der Waals surface area contributed by atoms with Crippen molar-refractivity contribution in [3.8, 4) is 17.1 Å². The average Bonchev–Trinajstić information content (AvgIpc) is 3.05. The van der Waals surface area contributed by atoms with Crippen LogP contribution < -0.4 is 0 Å². The van der Waals surface area contributed by atoms with Crippen molar-refractivity contribution in [1.82, 2.24) is 24.2 Å². The zero-order chi connectivity index (χ0) is 21.1. The molecule has 158 valence electrons. The van der Waals surface area contributed by atoms with Gasteiger partial charge in [0.05, 0.1) is 25.1 Å². The van der Waals surface area contributed by atoms with Crippen LogP contribution in [0.3, 0.4) is 0 Å². The number of morpholine rings is 1. The molecule has 0 radical (unpaired) electrons. The normalized spacial score (nSPS) is 17.5. The zero-order valence-electron chi connectivity index (χ0n) is 16.3. The van der Waals surface area contributed by atoms with Crippen LogP contribution in [0.4, 0.5) is 8.78 Å². The molecule has 0 N–H and O–H groups in total. The van der Waals surface area contributed by atoms with Crippen molar-refractivity contribution in [3.05, 3.63) is 53.6 Å². The zero-order valence-corrected chi connectivity index (χ0v) is 18.0. The lowest BCUT2D eigenvalue weighted by Crippen LogP contribution is -2.42. The average molecular weight is 450 g/mol. The third kappa shape index (κ3) is 4.77. The van der Waals surface area contributed by atoms with Crippen molar-refractivity contribution in [2.75, 3.05) is 19.7 Å². The fourth-order valence-corrected chi connectivity index (χ4v) is 4.19. The minimum absolute atomic E-state index is 0.160. The highest BCUT2D eigenvalue weighted by Gasteiger charge is 2.20. The summed E-state index contributed by atoms with van der Waals surface area (Å²) in [5, 5.41) is 4.77. The van der Waals surface area contributed by atoms with Crippen LogP contribution in [0, 0.1) is 4.77 Å². The summed E-state index contributed by atoms with van der Waals surface area (Å²) in [6.07, 6.45) is 3.59. The van der Waals surface area contributed by atoms with Gasteiger partial charge in [0.2, 0.25) is 4.77 Å². The lowest BCUT2D eigenvalue weighted by molar-refractivity contribution is -0.0306. The van der Waals surface area contributed by atoms with E-state index in [9.17, 15) is 8.78 Å². The predicted octanol–water partition coefficient (Wildman–Crippen LogP) is 4.46. The van der Waals surface area contributed by atoms with Gasteiger partial charge in [-0.05, 0) is 55.5 Å². The van der Waals surface area contributed by atoms with Crippen molar-refractivity contribution in [1.29, 1.82) is 0 Å². The summed E-state index contributed by atoms with van der Waals surface area (Å²) in [6, 6.07) is 10.7. The van der Waals surface area contributed by atoms with Gasteiger partial charge in [-0.2, -0.15) is 8.78 Å². The van der Waals surface area contributed by atoms with Gasteiger partial charge in [-0.3, -0.25) is 14.5 Å². The Morgan fingerprint density at radius 1 is 1.27 bits per heavy atom. The SMILES string of the molecule is CC1CN(Cn2nc(-c3cccnc3)n(-c3ccc(SC(F)F)cc3)c2=S)CCO1. The number of pyridine rings is 1. The summed E-state index contributed by atoms with van der Waals surface area (Å²) in [7, 11) is 0. The summed E-state index contributed by atoms with van der Waals surface area (Å²) in [4.78, 5) is 6.94. The van der Waals surface area contributed by atoms with Gasteiger partial charge >= 0.3 is 0 Å². The number of hydrogen-bond donors (Lipinski definition) is 0. The van der Waals surface area contributed by atoms with Crippen molar-refractivity contribution in [2.45, 2.75) is 30.3 Å². The molecule has 30 heavy (non-hydrogen) atoms. The summed E-state index contributed by atoms with van der Waals surface area (Å²) in [5.74, 6) is -1.80. The van der Waals surface area contributed by atoms with E-state index in [0.29, 0.717) is 40.5 Å². The number of alkyl halides is 2. The van der Waals surface area contributed by atoms with Gasteiger partial charge in [0, 0.05) is 35.9 Å². The van der Waals surface area contributed by atoms with Crippen LogP contribution >= 0.6 is 24.0 Å². The van der Waals surface area contributed by atoms with Crippen LogP contribution in [-0.2, 0) is 11.4 Å². The van der Waals surface area contributed by atoms with Gasteiger partial charge in [0.1, 0.15) is 0 Å². The maximum atomic E-state index is 12.7. The summed E-state index contributed by atoms with van der Waals surface area (Å²) >= 11 is 6.27. The Kier molecular flexibility index (Phi) is 6.57. The molecule has 4 rings (SSSR count). The van der Waals surface area contributed by atoms with Crippen molar-refractivity contribution in [2.24, 2.45) is 0 Å². The van der Waals surface area contributed by atoms with E-state index in [2.05, 4.69) is 9.88 Å². The van der Waals surface area contributed by atoms with Gasteiger partial charge < -0.3 is 4.74 Å². The Balaban J connectivity index is 1.72. The maximum absolute atomic E-state index is 12.7. The smallest absolute Gasteiger partial charge is 0.288 e. The molecule has 3 heterocycles. The third-order valence-electron chi connectivity index (χ3n) is 4.74. The fourth-order valence-electron chi connectivity index (χ4n) is 3.40. The molecule has 1 fully saturated rings. The molecule has 0 amide bonds. The molecule has 3 aromatic rings. The topological polar surface area (TPSA) is 48.1 Å². The molecule has 0 bridgehead atoms. The van der Waals surface area contributed by atoms with Crippen LogP contribution in [0.15, 0.2) is 53.7 Å². The second-order valence-electron chi connectivity index (χ2n) is 6.96. The van der Waals surface area contributed by atoms with E-state index in [1.807, 2.05) is 23.6 Å². The standard InChI is InChI=1S/C20H21F2N5OS2/c1-14-12-25(9-10-28-14)13-26-20(29)27(18(24-26)15-3-2-8-23-11-15)16-4-6-17(7-5-16)30-19(21)22/h2-8,11,14,19H,9-10,12-13H2,1H3. The van der Waals surface area contributed by atoms with E-state index < -0.39 is 5.76 Å². The Bertz CT molecular complexity index is 1040. The van der Waals surface area contributed by atoms with E-state index in [1.165, 1.54) is 0 Å². The minimum Gasteiger partial charge on any atom is -0.376 e. The Morgan fingerprint density at radius 3 is 2.73 bits per heavy atom. The van der Waals surface area contributed by atoms with Crippen LogP contribution in [0.2, 0.25) is 0 Å². The predicted molar refractivity (Wildman–Crippen MR) is 114 cm³/mol. The molecule has 1 atom stereocenters. The Labute approximate surface area is 182 Å². The number of rotatable bonds is 6. The highest BCUT2D eigenvalue weighted by Crippen LogP contribution is 2.28. The van der Waals surface area contributed by atoms with Gasteiger partial charge in [-0.25, -0.2) is 4.68 Å². The van der Waals surface area contributed by atoms with Crippen molar-refractivity contribution in [3.63, 3.8) is 0 Å². The van der Waals surface area contributed by atoms with Gasteiger partial charge in [-0.15, -0.1) is 5.10 Å². The van der Waals surface area contributed by atoms with E-state index in [1.54, 1.807) is 41.3 Å². The van der Waals surface area contributed by atoms with Crippen molar-refractivity contribution >= 4 is 24.0 Å². The van der Waals surface area contributed by atoms with E-state index in [-0.39, 0.29) is 6.10 Å². The molecule has 10 heteroatoms. The van der Waals surface area contributed by atoms with E-state index in [0.717, 1.165) is 24.3 Å². The first-order chi connectivity index (χ1) is 14.5. The molecule has 1 aliphatic heterocycles. The lowest BCUT2D eigenvalue weighted by Gasteiger charge is -2.30. The number of hydrogen-bond acceptors (Lipinski definition) is 6. The number of halogens is 2. The van der Waals surface area contributed by atoms with E-state index in [4.69, 9.17) is 22.1 Å². The van der Waals surface area contributed by atoms with Crippen LogP contribution in [0.25, 0.3) is 17.1 Å². The summed E-state index contributed by atoms with van der Waals surface area (Å²) in [6.45, 7) is 4.88. The third-order valence-corrected chi connectivity index (χ3v) is 5.85. The number of thioether (sulfide) groups is 1. The molecule has 0 spiro atoms. The largest absolute Gasteiger partial charge is 0.376 e. The van der Waals surface area contributed by atoms with Crippen molar-refractivity contribution < 1.29 is 13.5 Å². The molecule has 0 saturated carbocycles. The number of nitrogens with zero attached hydrogens (tertiary/aromatic N) is 5. The number of ether oxygens (including phenoxy) is 1. The van der Waals surface area contributed by atoms with Crippen LogP contribution in [-0.4, -0.2) is 55.8 Å². The molecule has 2 aromatic heterocycles. The van der Waals surface area contributed by atoms with E-state index >= 15 is 0 Å². The molecule has 0 aliphatic carbocycles. The summed E-state index contributed by atoms with van der Waals surface area (Å²) in [5.41, 5.74) is 1.59. The molecule has 1 saturated heterocycles.